The number of aromatic nitrogens is 1. The zero-order valence-electron chi connectivity index (χ0n) is 16.7. The lowest BCUT2D eigenvalue weighted by Crippen LogP contribution is -2.16. The van der Waals surface area contributed by atoms with E-state index in [1.165, 1.54) is 29.0 Å². The molecule has 0 saturated heterocycles. The molecule has 30 heavy (non-hydrogen) atoms. The lowest BCUT2D eigenvalue weighted by molar-refractivity contribution is -0.118. The number of amides is 1. The van der Waals surface area contributed by atoms with Crippen molar-refractivity contribution in [2.75, 3.05) is 5.75 Å². The highest BCUT2D eigenvalue weighted by Crippen LogP contribution is 2.20. The van der Waals surface area contributed by atoms with Crippen molar-refractivity contribution in [3.63, 3.8) is 0 Å². The van der Waals surface area contributed by atoms with Crippen molar-refractivity contribution in [2.45, 2.75) is 37.6 Å². The molecule has 0 aliphatic rings. The number of hydrogen-bond donors (Lipinski definition) is 0. The fourth-order valence-electron chi connectivity index (χ4n) is 3.06. The van der Waals surface area contributed by atoms with Gasteiger partial charge in [0.15, 0.2) is 14.6 Å². The summed E-state index contributed by atoms with van der Waals surface area (Å²) in [4.78, 5) is 17.2. The molecule has 0 atom stereocenters. The van der Waals surface area contributed by atoms with E-state index in [1.54, 1.807) is 6.08 Å². The van der Waals surface area contributed by atoms with Crippen molar-refractivity contribution in [1.29, 1.82) is 0 Å². The maximum Gasteiger partial charge on any atom is 0.248 e. The highest BCUT2D eigenvalue weighted by atomic mass is 32.2. The number of hydrogen-bond acceptors (Lipinski definition) is 4. The van der Waals surface area contributed by atoms with Crippen molar-refractivity contribution >= 4 is 37.3 Å². The number of thiazole rings is 1. The highest BCUT2D eigenvalue weighted by Gasteiger charge is 2.15. The molecule has 0 saturated carbocycles. The lowest BCUT2D eigenvalue weighted by Gasteiger charge is -2.03. The number of nitrogens with zero attached hydrogens (tertiary/aromatic N) is 2. The molecule has 0 fully saturated rings. The quantitative estimate of drug-likeness (QED) is 0.383. The van der Waals surface area contributed by atoms with Gasteiger partial charge in [0.2, 0.25) is 5.91 Å². The molecule has 3 aromatic rings. The van der Waals surface area contributed by atoms with Crippen LogP contribution in [-0.2, 0) is 27.6 Å². The summed E-state index contributed by atoms with van der Waals surface area (Å²) >= 11 is 1.43. The van der Waals surface area contributed by atoms with Crippen LogP contribution in [0.5, 0.6) is 0 Å². The van der Waals surface area contributed by atoms with Crippen LogP contribution in [0.3, 0.4) is 0 Å². The lowest BCUT2D eigenvalue weighted by atomic mass is 10.2. The van der Waals surface area contributed by atoms with Crippen molar-refractivity contribution < 1.29 is 17.6 Å². The fraction of sp³-hybridized carbons (Fsp3) is 0.273. The second kappa shape index (κ2) is 9.49. The van der Waals surface area contributed by atoms with Crippen LogP contribution in [0.4, 0.5) is 4.39 Å². The van der Waals surface area contributed by atoms with Gasteiger partial charge >= 0.3 is 0 Å². The summed E-state index contributed by atoms with van der Waals surface area (Å²) in [5.41, 5.74) is 2.20. The van der Waals surface area contributed by atoms with Crippen LogP contribution >= 0.6 is 11.3 Å². The molecule has 158 valence electrons. The van der Waals surface area contributed by atoms with Gasteiger partial charge in [-0.25, -0.2) is 12.8 Å². The van der Waals surface area contributed by atoms with E-state index in [2.05, 4.69) is 30.6 Å². The molecule has 3 rings (SSSR count). The fourth-order valence-corrected chi connectivity index (χ4v) is 5.50. The summed E-state index contributed by atoms with van der Waals surface area (Å²) in [5.74, 6) is -1.06. The maximum absolute atomic E-state index is 13.0. The molecular formula is C22H23FN2O3S2. The van der Waals surface area contributed by atoms with Gasteiger partial charge in [-0.2, -0.15) is 4.99 Å². The predicted octanol–water partition coefficient (Wildman–Crippen LogP) is 4.27. The minimum Gasteiger partial charge on any atom is -0.313 e. The van der Waals surface area contributed by atoms with E-state index in [1.807, 2.05) is 10.6 Å². The molecule has 2 aromatic carbocycles. The first-order chi connectivity index (χ1) is 14.3. The standard InChI is InChI=1S/C22H23FN2O3S2/c1-3-13-25-19-12-7-16(4-2)15-20(19)29-22(25)24-21(26)6-5-14-30(27,28)18-10-8-17(23)9-11-18/h3,7-12,15H,1,4-6,13-14H2,2H3. The van der Waals surface area contributed by atoms with E-state index in [9.17, 15) is 17.6 Å². The van der Waals surface area contributed by atoms with E-state index in [-0.39, 0.29) is 29.4 Å². The zero-order chi connectivity index (χ0) is 21.7. The number of halogens is 1. The molecule has 1 amide bonds. The number of carbonyl (C=O) groups is 1. The SMILES string of the molecule is C=CCn1c(=NC(=O)CCCS(=O)(=O)c2ccc(F)cc2)sc2cc(CC)ccc21. The molecule has 1 aromatic heterocycles. The Hall–Kier alpha value is -2.58. The minimum atomic E-state index is -3.57. The molecule has 8 heteroatoms. The molecule has 0 radical (unpaired) electrons. The third kappa shape index (κ3) is 5.12. The number of allylic oxidation sites excluding steroid dienone is 1. The Morgan fingerprint density at radius 2 is 1.97 bits per heavy atom. The van der Waals surface area contributed by atoms with Gasteiger partial charge in [0.05, 0.1) is 20.9 Å². The third-order valence-electron chi connectivity index (χ3n) is 4.66. The molecule has 0 bridgehead atoms. The molecule has 0 aliphatic carbocycles. The first-order valence-corrected chi connectivity index (χ1v) is 12.1. The van der Waals surface area contributed by atoms with E-state index >= 15 is 0 Å². The van der Waals surface area contributed by atoms with Gasteiger partial charge in [0.25, 0.3) is 0 Å². The summed E-state index contributed by atoms with van der Waals surface area (Å²) < 4.78 is 40.6. The molecule has 1 heterocycles. The van der Waals surface area contributed by atoms with Crippen molar-refractivity contribution in [2.24, 2.45) is 4.99 Å². The van der Waals surface area contributed by atoms with Gasteiger partial charge in [0.1, 0.15) is 5.82 Å². The average molecular weight is 447 g/mol. The summed E-state index contributed by atoms with van der Waals surface area (Å²) in [7, 11) is -3.57. The Morgan fingerprint density at radius 3 is 2.63 bits per heavy atom. The Bertz CT molecular complexity index is 1240. The number of aryl methyl sites for hydroxylation is 1. The first-order valence-electron chi connectivity index (χ1n) is 9.63. The minimum absolute atomic E-state index is 0.0168. The monoisotopic (exact) mass is 446 g/mol. The largest absolute Gasteiger partial charge is 0.313 e. The number of benzene rings is 2. The summed E-state index contributed by atoms with van der Waals surface area (Å²) in [6, 6.07) is 10.9. The average Bonchev–Trinajstić information content (AvgIpc) is 3.04. The predicted molar refractivity (Wildman–Crippen MR) is 118 cm³/mol. The van der Waals surface area contributed by atoms with Crippen LogP contribution in [0.2, 0.25) is 0 Å². The molecular weight excluding hydrogens is 423 g/mol. The van der Waals surface area contributed by atoms with Gasteiger partial charge in [0, 0.05) is 13.0 Å². The Morgan fingerprint density at radius 1 is 1.23 bits per heavy atom. The van der Waals surface area contributed by atoms with Gasteiger partial charge < -0.3 is 4.57 Å². The van der Waals surface area contributed by atoms with Crippen LogP contribution < -0.4 is 4.80 Å². The van der Waals surface area contributed by atoms with Gasteiger partial charge in [-0.3, -0.25) is 4.79 Å². The normalized spacial score (nSPS) is 12.4. The summed E-state index contributed by atoms with van der Waals surface area (Å²) in [6.07, 6.45) is 2.83. The van der Waals surface area contributed by atoms with E-state index in [0.717, 1.165) is 28.8 Å². The van der Waals surface area contributed by atoms with Gasteiger partial charge in [-0.15, -0.1) is 6.58 Å². The smallest absolute Gasteiger partial charge is 0.248 e. The van der Waals surface area contributed by atoms with Crippen molar-refractivity contribution in [3.8, 4) is 0 Å². The van der Waals surface area contributed by atoms with E-state index in [4.69, 9.17) is 0 Å². The van der Waals surface area contributed by atoms with Crippen LogP contribution in [0.25, 0.3) is 10.2 Å². The molecule has 0 aliphatic heterocycles. The number of carbonyl (C=O) groups excluding carboxylic acids is 1. The topological polar surface area (TPSA) is 68.5 Å². The Balaban J connectivity index is 1.76. The van der Waals surface area contributed by atoms with Gasteiger partial charge in [-0.05, 0) is 54.8 Å². The second-order valence-electron chi connectivity index (χ2n) is 6.82. The van der Waals surface area contributed by atoms with Crippen LogP contribution in [0, 0.1) is 5.82 Å². The number of sulfone groups is 1. The number of rotatable bonds is 8. The van der Waals surface area contributed by atoms with Crippen molar-refractivity contribution in [3.05, 3.63) is 71.3 Å². The maximum atomic E-state index is 13.0. The van der Waals surface area contributed by atoms with E-state index < -0.39 is 15.7 Å². The van der Waals surface area contributed by atoms with Crippen molar-refractivity contribution in [1.82, 2.24) is 4.57 Å². The number of fused-ring (bicyclic) bond motifs is 1. The third-order valence-corrected chi connectivity index (χ3v) is 7.52. The second-order valence-corrected chi connectivity index (χ2v) is 9.94. The first kappa shape index (κ1) is 22.1. The summed E-state index contributed by atoms with van der Waals surface area (Å²) in [6.45, 7) is 6.38. The van der Waals surface area contributed by atoms with Crippen LogP contribution in [-0.4, -0.2) is 24.6 Å². The molecule has 0 N–H and O–H groups in total. The molecule has 0 unspecified atom stereocenters. The van der Waals surface area contributed by atoms with Gasteiger partial charge in [-0.1, -0.05) is 30.4 Å². The van der Waals surface area contributed by atoms with E-state index in [0.29, 0.717) is 11.3 Å². The van der Waals surface area contributed by atoms with Crippen LogP contribution in [0.1, 0.15) is 25.3 Å². The highest BCUT2D eigenvalue weighted by molar-refractivity contribution is 7.91. The Labute approximate surface area is 179 Å². The molecule has 0 spiro atoms. The van der Waals surface area contributed by atoms with Crippen LogP contribution in [0.15, 0.2) is 65.0 Å². The Kier molecular flexibility index (Phi) is 6.99. The molecule has 5 nitrogen and oxygen atoms in total. The summed E-state index contributed by atoms with van der Waals surface area (Å²) in [5, 5.41) is 0. The zero-order valence-corrected chi connectivity index (χ0v) is 18.3.